The van der Waals surface area contributed by atoms with Crippen LogP contribution in [0.3, 0.4) is 0 Å². The highest BCUT2D eigenvalue weighted by Gasteiger charge is 2.02. The highest BCUT2D eigenvalue weighted by molar-refractivity contribution is 5.73. The van der Waals surface area contributed by atoms with Crippen LogP contribution in [0.4, 0.5) is 13.6 Å². The van der Waals surface area contributed by atoms with E-state index in [1.54, 1.807) is 0 Å². The average Bonchev–Trinajstić information content (AvgIpc) is 1.83. The molecule has 0 radical (unpaired) electrons. The number of nitrogens with one attached hydrogen (secondary N) is 2. The lowest BCUT2D eigenvalue weighted by Crippen LogP contribution is -2.35. The lowest BCUT2D eigenvalue weighted by atomic mass is 10.7. The van der Waals surface area contributed by atoms with Crippen molar-refractivity contribution in [1.82, 2.24) is 10.6 Å². The van der Waals surface area contributed by atoms with Crippen molar-refractivity contribution in [3.05, 3.63) is 0 Å². The van der Waals surface area contributed by atoms with Crippen LogP contribution >= 0.6 is 0 Å². The summed E-state index contributed by atoms with van der Waals surface area (Å²) >= 11 is 0. The van der Waals surface area contributed by atoms with E-state index in [1.807, 2.05) is 5.32 Å². The fourth-order valence-corrected chi connectivity index (χ4v) is 0.258. The van der Waals surface area contributed by atoms with Crippen LogP contribution in [0.5, 0.6) is 0 Å². The average molecular weight is 138 g/mol. The molecule has 54 valence electrons. The molecule has 0 aromatic heterocycles. The SMILES string of the molecule is CNC(=O)NCC(F)F. The molecule has 2 N–H and O–H groups in total. The molecule has 0 spiro atoms. The first-order chi connectivity index (χ1) is 4.16. The van der Waals surface area contributed by atoms with Gasteiger partial charge in [0, 0.05) is 7.05 Å². The van der Waals surface area contributed by atoms with E-state index in [9.17, 15) is 13.6 Å². The fraction of sp³-hybridized carbons (Fsp3) is 0.750. The number of alkyl halides is 2. The lowest BCUT2D eigenvalue weighted by Gasteiger charge is -2.00. The van der Waals surface area contributed by atoms with Gasteiger partial charge in [-0.15, -0.1) is 0 Å². The molecule has 0 aliphatic rings. The Morgan fingerprint density at radius 1 is 1.67 bits per heavy atom. The summed E-state index contributed by atoms with van der Waals surface area (Å²) in [4.78, 5) is 10.2. The second-order valence-electron chi connectivity index (χ2n) is 1.35. The minimum Gasteiger partial charge on any atom is -0.341 e. The Balaban J connectivity index is 3.17. The standard InChI is InChI=1S/C4H8F2N2O/c1-7-4(9)8-2-3(5)6/h3H,2H2,1H3,(H2,7,8,9). The first kappa shape index (κ1) is 8.13. The molecule has 0 aromatic rings. The van der Waals surface area contributed by atoms with Crippen molar-refractivity contribution in [3.63, 3.8) is 0 Å². The Morgan fingerprint density at radius 3 is 2.56 bits per heavy atom. The molecular formula is C4H8F2N2O. The molecule has 0 aliphatic heterocycles. The van der Waals surface area contributed by atoms with E-state index in [0.717, 1.165) is 0 Å². The van der Waals surface area contributed by atoms with Gasteiger partial charge >= 0.3 is 6.03 Å². The third-order valence-electron chi connectivity index (χ3n) is 0.644. The molecule has 3 nitrogen and oxygen atoms in total. The van der Waals surface area contributed by atoms with E-state index in [0.29, 0.717) is 0 Å². The monoisotopic (exact) mass is 138 g/mol. The van der Waals surface area contributed by atoms with E-state index in [1.165, 1.54) is 7.05 Å². The van der Waals surface area contributed by atoms with Crippen LogP contribution in [0.25, 0.3) is 0 Å². The molecule has 5 heteroatoms. The zero-order valence-corrected chi connectivity index (χ0v) is 4.95. The fourth-order valence-electron chi connectivity index (χ4n) is 0.258. The van der Waals surface area contributed by atoms with E-state index < -0.39 is 19.0 Å². The summed E-state index contributed by atoms with van der Waals surface area (Å²) in [5.74, 6) is 0. The first-order valence-electron chi connectivity index (χ1n) is 2.40. The van der Waals surface area contributed by atoms with Crippen LogP contribution in [0.2, 0.25) is 0 Å². The molecule has 2 amide bonds. The number of rotatable bonds is 2. The number of hydrogen-bond acceptors (Lipinski definition) is 1. The van der Waals surface area contributed by atoms with E-state index in [-0.39, 0.29) is 0 Å². The van der Waals surface area contributed by atoms with Crippen LogP contribution < -0.4 is 10.6 Å². The van der Waals surface area contributed by atoms with Crippen molar-refractivity contribution in [2.45, 2.75) is 6.43 Å². The molecular weight excluding hydrogens is 130 g/mol. The topological polar surface area (TPSA) is 41.1 Å². The van der Waals surface area contributed by atoms with Gasteiger partial charge in [-0.2, -0.15) is 0 Å². The molecule has 0 bridgehead atoms. The highest BCUT2D eigenvalue weighted by Crippen LogP contribution is 1.86. The van der Waals surface area contributed by atoms with Crippen LogP contribution in [0, 0.1) is 0 Å². The van der Waals surface area contributed by atoms with Crippen molar-refractivity contribution in [3.8, 4) is 0 Å². The maximum atomic E-state index is 11.3. The van der Waals surface area contributed by atoms with Gasteiger partial charge in [0.15, 0.2) is 0 Å². The molecule has 0 atom stereocenters. The maximum absolute atomic E-state index is 11.3. The number of hydrogen-bond donors (Lipinski definition) is 2. The number of amides is 2. The number of carbonyl (C=O) groups is 1. The predicted octanol–water partition coefficient (Wildman–Crippen LogP) is 0.181. The van der Waals surface area contributed by atoms with Gasteiger partial charge in [-0.3, -0.25) is 0 Å². The number of carbonyl (C=O) groups excluding carboxylic acids is 1. The molecule has 9 heavy (non-hydrogen) atoms. The Hall–Kier alpha value is -0.870. The minimum absolute atomic E-state index is 0.588. The van der Waals surface area contributed by atoms with Crippen molar-refractivity contribution < 1.29 is 13.6 Å². The Morgan fingerprint density at radius 2 is 2.22 bits per heavy atom. The minimum atomic E-state index is -2.48. The number of halogens is 2. The molecule has 0 saturated carbocycles. The van der Waals surface area contributed by atoms with E-state index >= 15 is 0 Å². The van der Waals surface area contributed by atoms with E-state index in [2.05, 4.69) is 5.32 Å². The summed E-state index contributed by atoms with van der Waals surface area (Å²) < 4.78 is 22.6. The van der Waals surface area contributed by atoms with Crippen molar-refractivity contribution >= 4 is 6.03 Å². The van der Waals surface area contributed by atoms with Gasteiger partial charge in [0.1, 0.15) is 0 Å². The van der Waals surface area contributed by atoms with Crippen LogP contribution in [-0.4, -0.2) is 26.0 Å². The van der Waals surface area contributed by atoms with Gasteiger partial charge in [-0.1, -0.05) is 0 Å². The van der Waals surface area contributed by atoms with Crippen LogP contribution in [0.15, 0.2) is 0 Å². The lowest BCUT2D eigenvalue weighted by molar-refractivity contribution is 0.146. The highest BCUT2D eigenvalue weighted by atomic mass is 19.3. The molecule has 0 rings (SSSR count). The second kappa shape index (κ2) is 4.05. The summed E-state index contributed by atoms with van der Waals surface area (Å²) in [5, 5.41) is 4.07. The summed E-state index contributed by atoms with van der Waals surface area (Å²) in [6.45, 7) is -0.598. The molecule has 0 aromatic carbocycles. The predicted molar refractivity (Wildman–Crippen MR) is 28.5 cm³/mol. The second-order valence-corrected chi connectivity index (χ2v) is 1.35. The van der Waals surface area contributed by atoms with Gasteiger partial charge < -0.3 is 10.6 Å². The van der Waals surface area contributed by atoms with Crippen molar-refractivity contribution in [2.24, 2.45) is 0 Å². The zero-order valence-electron chi connectivity index (χ0n) is 4.95. The quantitative estimate of drug-likeness (QED) is 0.561. The molecule has 0 saturated heterocycles. The molecule has 0 heterocycles. The zero-order chi connectivity index (χ0) is 7.28. The number of urea groups is 1. The van der Waals surface area contributed by atoms with Gasteiger partial charge in [0.05, 0.1) is 6.54 Å². The maximum Gasteiger partial charge on any atom is 0.314 e. The Bertz CT molecular complexity index is 96.6. The molecule has 0 fully saturated rings. The third-order valence-corrected chi connectivity index (χ3v) is 0.644. The van der Waals surface area contributed by atoms with Gasteiger partial charge in [-0.25, -0.2) is 13.6 Å². The van der Waals surface area contributed by atoms with E-state index in [4.69, 9.17) is 0 Å². The molecule has 0 aliphatic carbocycles. The van der Waals surface area contributed by atoms with Gasteiger partial charge in [-0.05, 0) is 0 Å². The normalized spacial score (nSPS) is 9.33. The first-order valence-corrected chi connectivity index (χ1v) is 2.40. The van der Waals surface area contributed by atoms with Crippen molar-refractivity contribution in [2.75, 3.05) is 13.6 Å². The Kier molecular flexibility index (Phi) is 3.66. The molecule has 0 unspecified atom stereocenters. The summed E-state index contributed by atoms with van der Waals surface area (Å²) in [5.41, 5.74) is 0. The smallest absolute Gasteiger partial charge is 0.314 e. The van der Waals surface area contributed by atoms with Crippen LogP contribution in [-0.2, 0) is 0 Å². The van der Waals surface area contributed by atoms with Gasteiger partial charge in [0.25, 0.3) is 6.43 Å². The third kappa shape index (κ3) is 4.99. The van der Waals surface area contributed by atoms with Crippen molar-refractivity contribution in [1.29, 1.82) is 0 Å². The van der Waals surface area contributed by atoms with Crippen LogP contribution in [0.1, 0.15) is 0 Å². The largest absolute Gasteiger partial charge is 0.341 e. The summed E-state index contributed by atoms with van der Waals surface area (Å²) in [7, 11) is 1.36. The van der Waals surface area contributed by atoms with Gasteiger partial charge in [0.2, 0.25) is 0 Å². The summed E-state index contributed by atoms with van der Waals surface area (Å²) in [6, 6.07) is -0.588. The Labute approximate surface area is 51.4 Å². The summed E-state index contributed by atoms with van der Waals surface area (Å²) in [6.07, 6.45) is -2.48.